The van der Waals surface area contributed by atoms with E-state index < -0.39 is 0 Å². The normalized spacial score (nSPS) is 11.1. The molecule has 2 nitrogen and oxygen atoms in total. The van der Waals surface area contributed by atoms with Gasteiger partial charge in [0.1, 0.15) is 0 Å². The summed E-state index contributed by atoms with van der Waals surface area (Å²) < 4.78 is 0. The molecular weight excluding hydrogens is 272 g/mol. The van der Waals surface area contributed by atoms with E-state index in [2.05, 4.69) is 6.08 Å². The minimum absolute atomic E-state index is 0.0669. The second-order valence-electron chi connectivity index (χ2n) is 5.07. The zero-order valence-corrected chi connectivity index (χ0v) is 12.5. The number of hydrogen-bond donors (Lipinski definition) is 0. The van der Waals surface area contributed by atoms with Gasteiger partial charge in [-0.15, -0.1) is 0 Å². The van der Waals surface area contributed by atoms with Crippen LogP contribution in [0.1, 0.15) is 23.6 Å². The number of benzene rings is 2. The third kappa shape index (κ3) is 5.33. The molecule has 110 valence electrons. The average Bonchev–Trinajstić information content (AvgIpc) is 2.53. The van der Waals surface area contributed by atoms with E-state index in [1.54, 1.807) is 0 Å². The first kappa shape index (κ1) is 15.6. The molecule has 0 fully saturated rings. The van der Waals surface area contributed by atoms with E-state index in [0.29, 0.717) is 6.42 Å². The topological polar surface area (TPSA) is 34.1 Å². The summed E-state index contributed by atoms with van der Waals surface area (Å²) in [6, 6.07) is 17.9. The number of allylic oxidation sites excluding steroid dienone is 2. The molecule has 0 bridgehead atoms. The van der Waals surface area contributed by atoms with Crippen molar-refractivity contribution in [3.8, 4) is 0 Å². The van der Waals surface area contributed by atoms with E-state index in [9.17, 15) is 9.59 Å². The van der Waals surface area contributed by atoms with Gasteiger partial charge in [-0.3, -0.25) is 9.59 Å². The highest BCUT2D eigenvalue weighted by Crippen LogP contribution is 2.10. The molecule has 0 unspecified atom stereocenters. The summed E-state index contributed by atoms with van der Waals surface area (Å²) in [4.78, 5) is 22.4. The quantitative estimate of drug-likeness (QED) is 0.592. The van der Waals surface area contributed by atoms with Crippen molar-refractivity contribution >= 4 is 23.7 Å². The number of carbonyl (C=O) groups is 2. The van der Waals surface area contributed by atoms with Crippen molar-refractivity contribution in [2.24, 2.45) is 0 Å². The summed E-state index contributed by atoms with van der Waals surface area (Å²) in [5, 5.41) is 0. The predicted molar refractivity (Wildman–Crippen MR) is 90.3 cm³/mol. The Morgan fingerprint density at radius 3 is 2.00 bits per heavy atom. The van der Waals surface area contributed by atoms with E-state index in [4.69, 9.17) is 0 Å². The Kier molecular flexibility index (Phi) is 5.61. The smallest absolute Gasteiger partial charge is 0.160 e. The van der Waals surface area contributed by atoms with Gasteiger partial charge >= 0.3 is 0 Å². The van der Waals surface area contributed by atoms with Gasteiger partial charge < -0.3 is 0 Å². The van der Waals surface area contributed by atoms with Gasteiger partial charge in [0.25, 0.3) is 0 Å². The molecule has 2 heteroatoms. The van der Waals surface area contributed by atoms with Crippen LogP contribution in [0.25, 0.3) is 12.2 Å². The first-order chi connectivity index (χ1) is 10.6. The van der Waals surface area contributed by atoms with Gasteiger partial charge in [0.15, 0.2) is 11.6 Å². The summed E-state index contributed by atoms with van der Waals surface area (Å²) in [7, 11) is 0. The molecule has 0 aliphatic carbocycles. The molecule has 0 N–H and O–H groups in total. The molecule has 0 saturated heterocycles. The van der Waals surface area contributed by atoms with Gasteiger partial charge in [0.05, 0.1) is 0 Å². The number of rotatable bonds is 6. The van der Waals surface area contributed by atoms with Crippen LogP contribution in [-0.2, 0) is 16.0 Å². The maximum atomic E-state index is 11.7. The Morgan fingerprint density at radius 2 is 1.41 bits per heavy atom. The second kappa shape index (κ2) is 7.89. The van der Waals surface area contributed by atoms with Crippen molar-refractivity contribution in [2.45, 2.75) is 13.3 Å². The molecule has 2 aromatic carbocycles. The fourth-order valence-electron chi connectivity index (χ4n) is 1.97. The standard InChI is InChI=1S/C20H18O2/c1-16(21)7-14-20(22)15-19-12-10-18(11-13-19)9-8-17-5-3-2-4-6-17/h2-14H,15H2,1H3/b9-8+,14-7+. The lowest BCUT2D eigenvalue weighted by atomic mass is 10.1. The monoisotopic (exact) mass is 290 g/mol. The van der Waals surface area contributed by atoms with Crippen LogP contribution >= 0.6 is 0 Å². The van der Waals surface area contributed by atoms with Crippen LogP contribution in [0.3, 0.4) is 0 Å². The Hall–Kier alpha value is -2.74. The van der Waals surface area contributed by atoms with E-state index >= 15 is 0 Å². The van der Waals surface area contributed by atoms with Crippen molar-refractivity contribution < 1.29 is 9.59 Å². The molecule has 0 saturated carbocycles. The molecule has 0 amide bonds. The highest BCUT2D eigenvalue weighted by molar-refractivity contribution is 5.98. The molecule has 0 radical (unpaired) electrons. The maximum Gasteiger partial charge on any atom is 0.160 e. The second-order valence-corrected chi connectivity index (χ2v) is 5.07. The molecule has 0 heterocycles. The van der Waals surface area contributed by atoms with E-state index in [0.717, 1.165) is 16.7 Å². The lowest BCUT2D eigenvalue weighted by Gasteiger charge is -1.99. The lowest BCUT2D eigenvalue weighted by molar-refractivity contribution is -0.115. The van der Waals surface area contributed by atoms with Crippen molar-refractivity contribution in [1.29, 1.82) is 0 Å². The van der Waals surface area contributed by atoms with Crippen LogP contribution < -0.4 is 0 Å². The van der Waals surface area contributed by atoms with Crippen molar-refractivity contribution in [2.75, 3.05) is 0 Å². The zero-order valence-electron chi connectivity index (χ0n) is 12.5. The zero-order chi connectivity index (χ0) is 15.8. The first-order valence-corrected chi connectivity index (χ1v) is 7.17. The summed E-state index contributed by atoms with van der Waals surface area (Å²) in [6.45, 7) is 1.43. The summed E-state index contributed by atoms with van der Waals surface area (Å²) >= 11 is 0. The Bertz CT molecular complexity index is 692. The van der Waals surface area contributed by atoms with Gasteiger partial charge in [0.2, 0.25) is 0 Å². The van der Waals surface area contributed by atoms with Gasteiger partial charge in [0, 0.05) is 6.42 Å². The van der Waals surface area contributed by atoms with Crippen molar-refractivity contribution in [1.82, 2.24) is 0 Å². The SMILES string of the molecule is CC(=O)/C=C/C(=O)Cc1ccc(/C=C/c2ccccc2)cc1. The first-order valence-electron chi connectivity index (χ1n) is 7.17. The highest BCUT2D eigenvalue weighted by atomic mass is 16.1. The molecule has 0 aliphatic rings. The van der Waals surface area contributed by atoms with E-state index in [1.807, 2.05) is 60.7 Å². The molecule has 0 aliphatic heterocycles. The largest absolute Gasteiger partial charge is 0.295 e. The van der Waals surface area contributed by atoms with E-state index in [1.165, 1.54) is 19.1 Å². The fourth-order valence-corrected chi connectivity index (χ4v) is 1.97. The lowest BCUT2D eigenvalue weighted by Crippen LogP contribution is -1.99. The minimum atomic E-state index is -0.116. The number of carbonyl (C=O) groups excluding carboxylic acids is 2. The van der Waals surface area contributed by atoms with Crippen molar-refractivity contribution in [3.63, 3.8) is 0 Å². The molecule has 22 heavy (non-hydrogen) atoms. The van der Waals surface area contributed by atoms with Gasteiger partial charge in [-0.25, -0.2) is 0 Å². The predicted octanol–water partition coefficient (Wildman–Crippen LogP) is 4.11. The molecule has 2 rings (SSSR count). The molecule has 0 spiro atoms. The van der Waals surface area contributed by atoms with Gasteiger partial charge in [-0.2, -0.15) is 0 Å². The minimum Gasteiger partial charge on any atom is -0.295 e. The molecule has 0 aromatic heterocycles. The van der Waals surface area contributed by atoms with Crippen LogP contribution in [0, 0.1) is 0 Å². The highest BCUT2D eigenvalue weighted by Gasteiger charge is 2.00. The number of ketones is 2. The maximum absolute atomic E-state index is 11.7. The van der Waals surface area contributed by atoms with Crippen LogP contribution in [-0.4, -0.2) is 11.6 Å². The Morgan fingerprint density at radius 1 is 0.818 bits per heavy atom. The third-order valence-corrected chi connectivity index (χ3v) is 3.13. The van der Waals surface area contributed by atoms with Crippen LogP contribution in [0.15, 0.2) is 66.7 Å². The summed E-state index contributed by atoms with van der Waals surface area (Å²) in [5.74, 6) is -0.183. The van der Waals surface area contributed by atoms with Crippen LogP contribution in [0.2, 0.25) is 0 Å². The van der Waals surface area contributed by atoms with Crippen LogP contribution in [0.4, 0.5) is 0 Å². The van der Waals surface area contributed by atoms with Crippen molar-refractivity contribution in [3.05, 3.63) is 83.4 Å². The summed E-state index contributed by atoms with van der Waals surface area (Å²) in [5.41, 5.74) is 3.17. The molecular formula is C20H18O2. The van der Waals surface area contributed by atoms with Gasteiger partial charge in [-0.1, -0.05) is 66.7 Å². The third-order valence-electron chi connectivity index (χ3n) is 3.13. The Labute approximate surface area is 130 Å². The van der Waals surface area contributed by atoms with Crippen LogP contribution in [0.5, 0.6) is 0 Å². The molecule has 0 atom stereocenters. The number of hydrogen-bond acceptors (Lipinski definition) is 2. The molecule has 2 aromatic rings. The van der Waals surface area contributed by atoms with Gasteiger partial charge in [-0.05, 0) is 35.8 Å². The average molecular weight is 290 g/mol. The summed E-state index contributed by atoms with van der Waals surface area (Å²) in [6.07, 6.45) is 7.05. The fraction of sp³-hybridized carbons (Fsp3) is 0.100. The van der Waals surface area contributed by atoms with E-state index in [-0.39, 0.29) is 11.6 Å². The Balaban J connectivity index is 1.97.